The molecular weight excluding hydrogens is 307 g/mol. The molecule has 0 aliphatic rings. The molecule has 0 fully saturated rings. The molecule has 1 aromatic rings. The van der Waals surface area contributed by atoms with Crippen LogP contribution >= 0.6 is 0 Å². The topological polar surface area (TPSA) is 45.7 Å². The number of methoxy groups -OCH3 is 1. The number of aliphatic imine (C=N–C) groups is 1. The van der Waals surface area contributed by atoms with Gasteiger partial charge in [0.15, 0.2) is 5.96 Å². The van der Waals surface area contributed by atoms with Crippen molar-refractivity contribution in [2.75, 3.05) is 26.7 Å². The van der Waals surface area contributed by atoms with Crippen molar-refractivity contribution in [3.05, 3.63) is 29.3 Å². The Hall–Kier alpha value is -1.92. The Morgan fingerprint density at radius 1 is 1.26 bits per heavy atom. The summed E-state index contributed by atoms with van der Waals surface area (Å²) >= 11 is 0. The monoisotopic (exact) mass is 331 g/mol. The van der Waals surface area contributed by atoms with Gasteiger partial charge in [-0.1, -0.05) is 12.1 Å². The van der Waals surface area contributed by atoms with Crippen LogP contribution in [0.1, 0.15) is 24.5 Å². The molecule has 0 saturated heterocycles. The maximum atomic E-state index is 12.1. The second-order valence-corrected chi connectivity index (χ2v) is 5.11. The molecular formula is C16H24F3N3O. The van der Waals surface area contributed by atoms with Gasteiger partial charge in [-0.15, -0.1) is 0 Å². The number of nitrogens with zero attached hydrogens (tertiary/aromatic N) is 1. The van der Waals surface area contributed by atoms with Crippen molar-refractivity contribution < 1.29 is 17.9 Å². The van der Waals surface area contributed by atoms with Gasteiger partial charge >= 0.3 is 6.18 Å². The predicted molar refractivity (Wildman–Crippen MR) is 86.1 cm³/mol. The van der Waals surface area contributed by atoms with Gasteiger partial charge in [0.25, 0.3) is 0 Å². The lowest BCUT2D eigenvalue weighted by Crippen LogP contribution is -2.38. The Bertz CT molecular complexity index is 516. The number of hydrogen-bond donors (Lipinski definition) is 2. The summed E-state index contributed by atoms with van der Waals surface area (Å²) in [6.07, 6.45) is -4.38. The van der Waals surface area contributed by atoms with E-state index in [4.69, 9.17) is 4.74 Å². The summed E-state index contributed by atoms with van der Waals surface area (Å²) < 4.78 is 41.7. The van der Waals surface area contributed by atoms with Gasteiger partial charge in [-0.25, -0.2) is 0 Å². The van der Waals surface area contributed by atoms with E-state index in [0.29, 0.717) is 19.0 Å². The number of nitrogens with one attached hydrogen (secondary N) is 2. The van der Waals surface area contributed by atoms with E-state index >= 15 is 0 Å². The molecule has 0 radical (unpaired) electrons. The average molecular weight is 331 g/mol. The highest BCUT2D eigenvalue weighted by atomic mass is 19.4. The molecule has 0 aromatic heterocycles. The van der Waals surface area contributed by atoms with E-state index in [1.54, 1.807) is 7.11 Å². The number of halogens is 3. The Labute approximate surface area is 135 Å². The van der Waals surface area contributed by atoms with Crippen LogP contribution in [0.2, 0.25) is 0 Å². The van der Waals surface area contributed by atoms with Crippen LogP contribution in [0.25, 0.3) is 0 Å². The van der Waals surface area contributed by atoms with Crippen molar-refractivity contribution in [1.82, 2.24) is 10.6 Å². The highest BCUT2D eigenvalue weighted by molar-refractivity contribution is 5.79. The third-order valence-corrected chi connectivity index (χ3v) is 3.19. The van der Waals surface area contributed by atoms with E-state index in [1.807, 2.05) is 32.0 Å². The number of ether oxygens (including phenoxy) is 1. The highest BCUT2D eigenvalue weighted by Crippen LogP contribution is 2.19. The lowest BCUT2D eigenvalue weighted by atomic mass is 10.1. The van der Waals surface area contributed by atoms with Crippen molar-refractivity contribution in [3.63, 3.8) is 0 Å². The van der Waals surface area contributed by atoms with Crippen molar-refractivity contribution in [2.24, 2.45) is 4.99 Å². The maximum absolute atomic E-state index is 12.1. The van der Waals surface area contributed by atoms with E-state index in [-0.39, 0.29) is 6.54 Å². The summed E-state index contributed by atoms with van der Waals surface area (Å²) in [4.78, 5) is 3.93. The Balaban J connectivity index is 2.50. The molecule has 7 heteroatoms. The van der Waals surface area contributed by atoms with Crippen LogP contribution in [0.5, 0.6) is 5.75 Å². The molecule has 0 unspecified atom stereocenters. The Morgan fingerprint density at radius 2 is 2.00 bits per heavy atom. The zero-order valence-corrected chi connectivity index (χ0v) is 13.8. The van der Waals surface area contributed by atoms with Gasteiger partial charge < -0.3 is 15.4 Å². The summed E-state index contributed by atoms with van der Waals surface area (Å²) in [6.45, 7) is 4.72. The molecule has 0 bridgehead atoms. The molecule has 2 N–H and O–H groups in total. The number of alkyl halides is 3. The van der Waals surface area contributed by atoms with E-state index in [1.165, 1.54) is 0 Å². The van der Waals surface area contributed by atoms with Crippen LogP contribution < -0.4 is 15.4 Å². The molecule has 0 amide bonds. The quantitative estimate of drug-likeness (QED) is 0.596. The molecule has 130 valence electrons. The molecule has 1 aromatic carbocycles. The molecule has 0 aliphatic carbocycles. The number of guanidine groups is 1. The predicted octanol–water partition coefficient (Wildman–Crippen LogP) is 3.05. The first-order valence-electron chi connectivity index (χ1n) is 7.58. The van der Waals surface area contributed by atoms with Gasteiger partial charge in [-0.2, -0.15) is 13.2 Å². The van der Waals surface area contributed by atoms with Crippen LogP contribution in [-0.2, 0) is 6.42 Å². The largest absolute Gasteiger partial charge is 0.496 e. The van der Waals surface area contributed by atoms with Crippen LogP contribution in [0.3, 0.4) is 0 Å². The summed E-state index contributed by atoms with van der Waals surface area (Å²) in [5.74, 6) is 1.23. The van der Waals surface area contributed by atoms with Gasteiger partial charge in [-0.3, -0.25) is 4.99 Å². The summed E-state index contributed by atoms with van der Waals surface area (Å²) in [6, 6.07) is 5.95. The second kappa shape index (κ2) is 9.27. The standard InChI is InChI=1S/C16H24F3N3O/c1-4-20-15(22-10-8-16(17,18)19)21-9-7-13-6-5-12(2)14(11-13)23-3/h5-6,11H,4,7-10H2,1-3H3,(H2,20,21,22). The number of benzene rings is 1. The maximum Gasteiger partial charge on any atom is 0.390 e. The van der Waals surface area contributed by atoms with E-state index in [9.17, 15) is 13.2 Å². The smallest absolute Gasteiger partial charge is 0.390 e. The molecule has 4 nitrogen and oxygen atoms in total. The van der Waals surface area contributed by atoms with E-state index < -0.39 is 12.6 Å². The minimum absolute atomic E-state index is 0.281. The van der Waals surface area contributed by atoms with Gasteiger partial charge in [-0.05, 0) is 37.5 Å². The molecule has 0 heterocycles. The van der Waals surface area contributed by atoms with E-state index in [2.05, 4.69) is 15.6 Å². The van der Waals surface area contributed by atoms with Crippen molar-refractivity contribution >= 4 is 5.96 Å². The number of aryl methyl sites for hydroxylation is 1. The first kappa shape index (κ1) is 19.1. The van der Waals surface area contributed by atoms with Crippen molar-refractivity contribution in [3.8, 4) is 5.75 Å². The van der Waals surface area contributed by atoms with Crippen LogP contribution in [-0.4, -0.2) is 38.9 Å². The Morgan fingerprint density at radius 3 is 2.61 bits per heavy atom. The van der Waals surface area contributed by atoms with Crippen LogP contribution in [0.15, 0.2) is 23.2 Å². The van der Waals surface area contributed by atoms with Gasteiger partial charge in [0.05, 0.1) is 20.1 Å². The van der Waals surface area contributed by atoms with E-state index in [0.717, 1.165) is 23.3 Å². The van der Waals surface area contributed by atoms with Gasteiger partial charge in [0.1, 0.15) is 5.75 Å². The fourth-order valence-corrected chi connectivity index (χ4v) is 1.98. The fraction of sp³-hybridized carbons (Fsp3) is 0.562. The lowest BCUT2D eigenvalue weighted by molar-refractivity contribution is -0.132. The molecule has 0 spiro atoms. The third-order valence-electron chi connectivity index (χ3n) is 3.19. The third kappa shape index (κ3) is 7.76. The first-order valence-corrected chi connectivity index (χ1v) is 7.58. The van der Waals surface area contributed by atoms with Crippen molar-refractivity contribution in [2.45, 2.75) is 32.9 Å². The first-order chi connectivity index (χ1) is 10.9. The van der Waals surface area contributed by atoms with Gasteiger partial charge in [0, 0.05) is 13.1 Å². The molecule has 23 heavy (non-hydrogen) atoms. The summed E-state index contributed by atoms with van der Waals surface area (Å²) in [5, 5.41) is 5.97. The Kier molecular flexibility index (Phi) is 7.71. The minimum atomic E-state index is -4.18. The lowest BCUT2D eigenvalue weighted by Gasteiger charge is -2.12. The number of rotatable bonds is 7. The second-order valence-electron chi connectivity index (χ2n) is 5.11. The minimum Gasteiger partial charge on any atom is -0.496 e. The normalized spacial score (nSPS) is 12.2. The molecule has 0 aliphatic heterocycles. The molecule has 0 atom stereocenters. The number of hydrogen-bond acceptors (Lipinski definition) is 2. The fourth-order valence-electron chi connectivity index (χ4n) is 1.98. The molecule has 1 rings (SSSR count). The zero-order chi connectivity index (χ0) is 17.3. The average Bonchev–Trinajstić information content (AvgIpc) is 2.47. The summed E-state index contributed by atoms with van der Waals surface area (Å²) in [5.41, 5.74) is 2.15. The van der Waals surface area contributed by atoms with Crippen LogP contribution in [0.4, 0.5) is 13.2 Å². The zero-order valence-electron chi connectivity index (χ0n) is 13.8. The highest BCUT2D eigenvalue weighted by Gasteiger charge is 2.26. The van der Waals surface area contributed by atoms with Crippen molar-refractivity contribution in [1.29, 1.82) is 0 Å². The molecule has 0 saturated carbocycles. The van der Waals surface area contributed by atoms with Gasteiger partial charge in [0.2, 0.25) is 0 Å². The van der Waals surface area contributed by atoms with Crippen LogP contribution in [0, 0.1) is 6.92 Å². The summed E-state index contributed by atoms with van der Waals surface area (Å²) in [7, 11) is 1.63. The SMILES string of the molecule is CCNC(=NCCC(F)(F)F)NCCc1ccc(C)c(OC)c1.